The van der Waals surface area contributed by atoms with Crippen molar-refractivity contribution in [1.29, 1.82) is 0 Å². The lowest BCUT2D eigenvalue weighted by molar-refractivity contribution is 0.0955. The molecule has 0 aliphatic carbocycles. The monoisotopic (exact) mass is 275 g/mol. The predicted molar refractivity (Wildman–Crippen MR) is 78.8 cm³/mol. The highest BCUT2D eigenvalue weighted by atomic mass is 16.5. The Morgan fingerprint density at radius 2 is 2.30 bits per heavy atom. The van der Waals surface area contributed by atoms with E-state index in [1.54, 1.807) is 12.1 Å². The standard InChI is InChI=1S/C15H21N3O2/c1-2-17-15(19)11-5-3-9(16)7-12(11)18-13-8-10-4-6-14(13)20-10/h3,5,7,10,13-14,18H,2,4,6,8,16H2,1H3,(H,17,19). The van der Waals surface area contributed by atoms with Crippen LogP contribution < -0.4 is 16.4 Å². The van der Waals surface area contributed by atoms with Crippen LogP contribution in [0.3, 0.4) is 0 Å². The van der Waals surface area contributed by atoms with E-state index in [9.17, 15) is 4.79 Å². The van der Waals surface area contributed by atoms with Crippen LogP contribution in [0.2, 0.25) is 0 Å². The normalized spacial score (nSPS) is 27.6. The average Bonchev–Trinajstić information content (AvgIpc) is 3.01. The Bertz CT molecular complexity index is 518. The van der Waals surface area contributed by atoms with Crippen molar-refractivity contribution in [2.75, 3.05) is 17.6 Å². The van der Waals surface area contributed by atoms with Crippen molar-refractivity contribution in [3.63, 3.8) is 0 Å². The first-order chi connectivity index (χ1) is 9.67. The molecule has 20 heavy (non-hydrogen) atoms. The van der Waals surface area contributed by atoms with Crippen molar-refractivity contribution in [2.24, 2.45) is 0 Å². The topological polar surface area (TPSA) is 76.4 Å². The van der Waals surface area contributed by atoms with Crippen LogP contribution in [0.5, 0.6) is 0 Å². The van der Waals surface area contributed by atoms with Gasteiger partial charge in [-0.05, 0) is 44.4 Å². The van der Waals surface area contributed by atoms with Crippen molar-refractivity contribution < 1.29 is 9.53 Å². The van der Waals surface area contributed by atoms with E-state index in [0.29, 0.717) is 23.9 Å². The Hall–Kier alpha value is -1.75. The minimum Gasteiger partial charge on any atom is -0.399 e. The molecule has 108 valence electrons. The molecule has 3 unspecified atom stereocenters. The highest BCUT2D eigenvalue weighted by molar-refractivity contribution is 6.00. The van der Waals surface area contributed by atoms with E-state index in [1.807, 2.05) is 13.0 Å². The number of nitrogens with two attached hydrogens (primary N) is 1. The molecule has 5 heteroatoms. The molecule has 2 bridgehead atoms. The van der Waals surface area contributed by atoms with Crippen molar-refractivity contribution in [2.45, 2.75) is 44.4 Å². The van der Waals surface area contributed by atoms with Gasteiger partial charge < -0.3 is 21.1 Å². The molecule has 2 saturated heterocycles. The zero-order valence-corrected chi connectivity index (χ0v) is 11.7. The summed E-state index contributed by atoms with van der Waals surface area (Å²) in [5, 5.41) is 6.28. The highest BCUT2D eigenvalue weighted by Gasteiger charge is 2.40. The third-order valence-corrected chi connectivity index (χ3v) is 4.07. The minimum atomic E-state index is -0.0703. The van der Waals surface area contributed by atoms with Crippen LogP contribution in [0.15, 0.2) is 18.2 Å². The lowest BCUT2D eigenvalue weighted by Crippen LogP contribution is -2.32. The zero-order valence-electron chi connectivity index (χ0n) is 11.7. The fourth-order valence-corrected chi connectivity index (χ4v) is 3.12. The largest absolute Gasteiger partial charge is 0.399 e. The average molecular weight is 275 g/mol. The number of carbonyl (C=O) groups excluding carboxylic acids is 1. The first-order valence-electron chi connectivity index (χ1n) is 7.27. The molecule has 2 aliphatic heterocycles. The van der Waals surface area contributed by atoms with E-state index >= 15 is 0 Å². The van der Waals surface area contributed by atoms with E-state index in [0.717, 1.165) is 24.9 Å². The summed E-state index contributed by atoms with van der Waals surface area (Å²) in [5.74, 6) is -0.0703. The predicted octanol–water partition coefficient (Wildman–Crippen LogP) is 1.75. The fraction of sp³-hybridized carbons (Fsp3) is 0.533. The van der Waals surface area contributed by atoms with Crippen LogP contribution in [0.4, 0.5) is 11.4 Å². The first kappa shape index (κ1) is 13.2. The number of hydrogen-bond acceptors (Lipinski definition) is 4. The van der Waals surface area contributed by atoms with Crippen LogP contribution in [-0.4, -0.2) is 30.7 Å². The number of hydrogen-bond donors (Lipinski definition) is 3. The smallest absolute Gasteiger partial charge is 0.253 e. The summed E-state index contributed by atoms with van der Waals surface area (Å²) in [4.78, 5) is 12.1. The van der Waals surface area contributed by atoms with Crippen LogP contribution in [0, 0.1) is 0 Å². The van der Waals surface area contributed by atoms with Gasteiger partial charge in [0.15, 0.2) is 0 Å². The molecule has 0 spiro atoms. The Labute approximate surface area is 118 Å². The number of rotatable bonds is 4. The quantitative estimate of drug-likeness (QED) is 0.732. The summed E-state index contributed by atoms with van der Waals surface area (Å²) >= 11 is 0. The molecular weight excluding hydrogens is 254 g/mol. The van der Waals surface area contributed by atoms with Gasteiger partial charge >= 0.3 is 0 Å². The fourth-order valence-electron chi connectivity index (χ4n) is 3.12. The van der Waals surface area contributed by atoms with Gasteiger partial charge in [-0.1, -0.05) is 0 Å². The van der Waals surface area contributed by atoms with Gasteiger partial charge in [-0.15, -0.1) is 0 Å². The number of benzene rings is 1. The van der Waals surface area contributed by atoms with Crippen LogP contribution >= 0.6 is 0 Å². The molecule has 1 aromatic rings. The van der Waals surface area contributed by atoms with Crippen molar-refractivity contribution in [3.8, 4) is 0 Å². The Balaban J connectivity index is 1.80. The number of carbonyl (C=O) groups is 1. The van der Waals surface area contributed by atoms with Gasteiger partial charge in [-0.25, -0.2) is 0 Å². The third kappa shape index (κ3) is 2.45. The second-order valence-corrected chi connectivity index (χ2v) is 5.52. The third-order valence-electron chi connectivity index (χ3n) is 4.07. The van der Waals surface area contributed by atoms with Gasteiger partial charge in [0, 0.05) is 17.9 Å². The summed E-state index contributed by atoms with van der Waals surface area (Å²) < 4.78 is 5.84. The van der Waals surface area contributed by atoms with Crippen molar-refractivity contribution in [1.82, 2.24) is 5.32 Å². The SMILES string of the molecule is CCNC(=O)c1ccc(N)cc1NC1CC2CCC1O2. The molecule has 2 heterocycles. The number of fused-ring (bicyclic) bond motifs is 2. The molecule has 1 aromatic carbocycles. The molecule has 0 radical (unpaired) electrons. The molecule has 1 amide bonds. The summed E-state index contributed by atoms with van der Waals surface area (Å²) in [5.41, 5.74) is 7.95. The molecule has 3 rings (SSSR count). The molecule has 4 N–H and O–H groups in total. The van der Waals surface area contributed by atoms with Gasteiger partial charge in [-0.3, -0.25) is 4.79 Å². The van der Waals surface area contributed by atoms with E-state index in [4.69, 9.17) is 10.5 Å². The lowest BCUT2D eigenvalue weighted by Gasteiger charge is -2.23. The van der Waals surface area contributed by atoms with E-state index in [1.165, 1.54) is 0 Å². The maximum atomic E-state index is 12.1. The van der Waals surface area contributed by atoms with Gasteiger partial charge in [0.1, 0.15) is 0 Å². The molecule has 2 aliphatic rings. The molecular formula is C15H21N3O2. The lowest BCUT2D eigenvalue weighted by atomic mass is 9.95. The second-order valence-electron chi connectivity index (χ2n) is 5.52. The van der Waals surface area contributed by atoms with Gasteiger partial charge in [0.25, 0.3) is 5.91 Å². The number of nitrogens with one attached hydrogen (secondary N) is 2. The Kier molecular flexibility index (Phi) is 3.53. The summed E-state index contributed by atoms with van der Waals surface area (Å²) in [6, 6.07) is 5.64. The van der Waals surface area contributed by atoms with Gasteiger partial charge in [-0.2, -0.15) is 0 Å². The van der Waals surface area contributed by atoms with E-state index < -0.39 is 0 Å². The maximum Gasteiger partial charge on any atom is 0.253 e. The van der Waals surface area contributed by atoms with Crippen molar-refractivity contribution >= 4 is 17.3 Å². The van der Waals surface area contributed by atoms with E-state index in [-0.39, 0.29) is 18.1 Å². The van der Waals surface area contributed by atoms with Gasteiger partial charge in [0.2, 0.25) is 0 Å². The van der Waals surface area contributed by atoms with Crippen LogP contribution in [0.25, 0.3) is 0 Å². The summed E-state index contributed by atoms with van der Waals surface area (Å²) in [6.45, 7) is 2.52. The Morgan fingerprint density at radius 1 is 1.45 bits per heavy atom. The minimum absolute atomic E-state index is 0.0703. The number of anilines is 2. The van der Waals surface area contributed by atoms with Crippen LogP contribution in [0.1, 0.15) is 36.5 Å². The van der Waals surface area contributed by atoms with Crippen molar-refractivity contribution in [3.05, 3.63) is 23.8 Å². The first-order valence-corrected chi connectivity index (χ1v) is 7.27. The van der Waals surface area contributed by atoms with E-state index in [2.05, 4.69) is 10.6 Å². The molecule has 3 atom stereocenters. The Morgan fingerprint density at radius 3 is 2.95 bits per heavy atom. The number of ether oxygens (including phenoxy) is 1. The molecule has 0 saturated carbocycles. The van der Waals surface area contributed by atoms with Crippen LogP contribution in [-0.2, 0) is 4.74 Å². The molecule has 2 fully saturated rings. The number of nitrogen functional groups attached to an aromatic ring is 1. The number of amides is 1. The highest BCUT2D eigenvalue weighted by Crippen LogP contribution is 2.36. The summed E-state index contributed by atoms with van der Waals surface area (Å²) in [6.07, 6.45) is 3.91. The molecule has 5 nitrogen and oxygen atoms in total. The summed E-state index contributed by atoms with van der Waals surface area (Å²) in [7, 11) is 0. The molecule has 0 aromatic heterocycles. The van der Waals surface area contributed by atoms with Gasteiger partial charge in [0.05, 0.1) is 23.8 Å². The maximum absolute atomic E-state index is 12.1. The zero-order chi connectivity index (χ0) is 14.1. The second kappa shape index (κ2) is 5.32.